The van der Waals surface area contributed by atoms with Crippen molar-refractivity contribution < 1.29 is 14.3 Å². The van der Waals surface area contributed by atoms with Crippen LogP contribution in [-0.4, -0.2) is 23.7 Å². The molecule has 2 atom stereocenters. The van der Waals surface area contributed by atoms with Gasteiger partial charge in [0.05, 0.1) is 30.1 Å². The second kappa shape index (κ2) is 7.35. The summed E-state index contributed by atoms with van der Waals surface area (Å²) in [4.78, 5) is 13.7. The summed E-state index contributed by atoms with van der Waals surface area (Å²) in [6, 6.07) is 19.8. The summed E-state index contributed by atoms with van der Waals surface area (Å²) in [5, 5.41) is 9.90. The Labute approximate surface area is 200 Å². The molecule has 0 saturated heterocycles. The van der Waals surface area contributed by atoms with E-state index in [1.165, 1.54) is 0 Å². The van der Waals surface area contributed by atoms with Gasteiger partial charge in [0.15, 0.2) is 11.5 Å². The number of para-hydroxylation sites is 1. The fourth-order valence-corrected chi connectivity index (χ4v) is 5.24. The van der Waals surface area contributed by atoms with Gasteiger partial charge in [-0.15, -0.1) is 0 Å². The van der Waals surface area contributed by atoms with Gasteiger partial charge in [0.1, 0.15) is 0 Å². The zero-order valence-electron chi connectivity index (χ0n) is 18.3. The molecule has 1 N–H and O–H groups in total. The Bertz CT molecular complexity index is 1320. The van der Waals surface area contributed by atoms with E-state index in [2.05, 4.69) is 34.2 Å². The summed E-state index contributed by atoms with van der Waals surface area (Å²) in [5.41, 5.74) is 4.17. The molecule has 0 bridgehead atoms. The first kappa shape index (κ1) is 20.3. The molecular weight excluding hydrogens is 482 g/mol. The van der Waals surface area contributed by atoms with Crippen molar-refractivity contribution in [3.63, 3.8) is 0 Å². The molecule has 1 spiro atoms. The minimum atomic E-state index is -1.40. The predicted octanol–water partition coefficient (Wildman–Crippen LogP) is 5.37. The van der Waals surface area contributed by atoms with E-state index in [1.807, 2.05) is 59.6 Å². The second-order valence-electron chi connectivity index (χ2n) is 8.43. The maximum absolute atomic E-state index is 13.7. The van der Waals surface area contributed by atoms with Crippen LogP contribution in [0.5, 0.6) is 11.5 Å². The molecule has 3 heterocycles. The minimum absolute atomic E-state index is 0.163. The minimum Gasteiger partial charge on any atom is -0.493 e. The number of rotatable bonds is 3. The lowest BCUT2D eigenvalue weighted by Gasteiger charge is -2.44. The highest BCUT2D eigenvalue weighted by Crippen LogP contribution is 2.56. The first-order valence-electron chi connectivity index (χ1n) is 11.0. The number of nitrogens with zero attached hydrogens (tertiary/aromatic N) is 2. The van der Waals surface area contributed by atoms with E-state index in [4.69, 9.17) is 14.6 Å². The predicted molar refractivity (Wildman–Crippen MR) is 130 cm³/mol. The SMILES string of the molecule is CCc1ccc2c(c1)[C@]1(Oc3c(OC)cccc3[C@H]3CC(c4ccc(Br)cc4)=NN31)C(=O)N2. The number of hydrogen-bond donors (Lipinski definition) is 1. The number of nitrogens with one attached hydrogen (secondary N) is 1. The fourth-order valence-electron chi connectivity index (χ4n) is 4.98. The monoisotopic (exact) mass is 503 g/mol. The van der Waals surface area contributed by atoms with Crippen LogP contribution in [0.2, 0.25) is 0 Å². The van der Waals surface area contributed by atoms with E-state index in [0.717, 1.165) is 44.5 Å². The van der Waals surface area contributed by atoms with Gasteiger partial charge in [-0.1, -0.05) is 53.2 Å². The van der Waals surface area contributed by atoms with Crippen molar-refractivity contribution >= 4 is 33.2 Å². The second-order valence-corrected chi connectivity index (χ2v) is 9.35. The van der Waals surface area contributed by atoms with E-state index in [1.54, 1.807) is 7.11 Å². The van der Waals surface area contributed by atoms with Crippen molar-refractivity contribution in [3.8, 4) is 11.5 Å². The lowest BCUT2D eigenvalue weighted by Crippen LogP contribution is -2.55. The number of anilines is 1. The highest BCUT2D eigenvalue weighted by atomic mass is 79.9. The van der Waals surface area contributed by atoms with Gasteiger partial charge in [0, 0.05) is 16.5 Å². The average molecular weight is 504 g/mol. The molecular formula is C26H22BrN3O3. The summed E-state index contributed by atoms with van der Waals surface area (Å²) >= 11 is 3.50. The summed E-state index contributed by atoms with van der Waals surface area (Å²) in [6.45, 7) is 2.10. The number of aryl methyl sites for hydroxylation is 1. The number of carbonyl (C=O) groups excluding carboxylic acids is 1. The van der Waals surface area contributed by atoms with Gasteiger partial charge in [-0.05, 0) is 47.9 Å². The Kier molecular flexibility index (Phi) is 4.52. The number of methoxy groups -OCH3 is 1. The number of carbonyl (C=O) groups is 1. The van der Waals surface area contributed by atoms with Gasteiger partial charge in [-0.3, -0.25) is 4.79 Å². The molecule has 0 fully saturated rings. The number of hydrogen-bond acceptors (Lipinski definition) is 5. The third-order valence-electron chi connectivity index (χ3n) is 6.66. The Morgan fingerprint density at radius 3 is 2.79 bits per heavy atom. The summed E-state index contributed by atoms with van der Waals surface area (Å²) in [5.74, 6) is 0.961. The van der Waals surface area contributed by atoms with Gasteiger partial charge in [0.25, 0.3) is 5.91 Å². The zero-order valence-corrected chi connectivity index (χ0v) is 19.8. The summed E-state index contributed by atoms with van der Waals surface area (Å²) < 4.78 is 13.3. The van der Waals surface area contributed by atoms with Crippen LogP contribution in [0.25, 0.3) is 0 Å². The molecule has 7 heteroatoms. The van der Waals surface area contributed by atoms with Gasteiger partial charge < -0.3 is 14.8 Å². The van der Waals surface area contributed by atoms with Crippen LogP contribution in [0.3, 0.4) is 0 Å². The highest BCUT2D eigenvalue weighted by Gasteiger charge is 2.61. The smallest absolute Gasteiger partial charge is 0.306 e. The van der Waals surface area contributed by atoms with Gasteiger partial charge in [-0.2, -0.15) is 5.10 Å². The molecule has 6 rings (SSSR count). The molecule has 0 aromatic heterocycles. The Hall–Kier alpha value is -3.32. The van der Waals surface area contributed by atoms with Crippen molar-refractivity contribution in [2.45, 2.75) is 31.5 Å². The zero-order chi connectivity index (χ0) is 22.7. The molecule has 6 nitrogen and oxygen atoms in total. The molecule has 3 aromatic carbocycles. The quantitative estimate of drug-likeness (QED) is 0.521. The van der Waals surface area contributed by atoms with E-state index in [-0.39, 0.29) is 11.9 Å². The van der Waals surface area contributed by atoms with E-state index in [9.17, 15) is 4.79 Å². The van der Waals surface area contributed by atoms with E-state index in [0.29, 0.717) is 17.9 Å². The third kappa shape index (κ3) is 2.85. The van der Waals surface area contributed by atoms with Crippen molar-refractivity contribution in [3.05, 3.63) is 87.4 Å². The van der Waals surface area contributed by atoms with Crippen LogP contribution in [0, 0.1) is 0 Å². The Morgan fingerprint density at radius 1 is 1.21 bits per heavy atom. The molecule has 166 valence electrons. The van der Waals surface area contributed by atoms with Crippen molar-refractivity contribution in [2.75, 3.05) is 12.4 Å². The normalized spacial score (nSPS) is 22.3. The van der Waals surface area contributed by atoms with Crippen LogP contribution in [0.15, 0.2) is 70.2 Å². The average Bonchev–Trinajstić information content (AvgIpc) is 3.40. The van der Waals surface area contributed by atoms with E-state index >= 15 is 0 Å². The molecule has 0 unspecified atom stereocenters. The van der Waals surface area contributed by atoms with Crippen molar-refractivity contribution in [1.29, 1.82) is 0 Å². The summed E-state index contributed by atoms with van der Waals surface area (Å²) in [7, 11) is 1.62. The fraction of sp³-hybridized carbons (Fsp3) is 0.231. The molecule has 0 aliphatic carbocycles. The molecule has 3 aromatic rings. The molecule has 1 amide bonds. The Morgan fingerprint density at radius 2 is 2.03 bits per heavy atom. The number of fused-ring (bicyclic) bond motifs is 6. The maximum atomic E-state index is 13.7. The van der Waals surface area contributed by atoms with Crippen LogP contribution in [0.4, 0.5) is 5.69 Å². The molecule has 3 aliphatic heterocycles. The highest BCUT2D eigenvalue weighted by molar-refractivity contribution is 9.10. The molecule has 33 heavy (non-hydrogen) atoms. The lowest BCUT2D eigenvalue weighted by molar-refractivity contribution is -0.161. The van der Waals surface area contributed by atoms with Crippen LogP contribution in [-0.2, 0) is 16.9 Å². The van der Waals surface area contributed by atoms with Crippen LogP contribution >= 0.6 is 15.9 Å². The van der Waals surface area contributed by atoms with Crippen LogP contribution < -0.4 is 14.8 Å². The number of amides is 1. The third-order valence-corrected chi connectivity index (χ3v) is 7.19. The first-order valence-corrected chi connectivity index (χ1v) is 11.8. The largest absolute Gasteiger partial charge is 0.493 e. The van der Waals surface area contributed by atoms with Crippen molar-refractivity contribution in [2.24, 2.45) is 5.10 Å². The maximum Gasteiger partial charge on any atom is 0.306 e. The van der Waals surface area contributed by atoms with Crippen LogP contribution in [0.1, 0.15) is 41.6 Å². The standard InChI is InChI=1S/C26H22BrN3O3/c1-3-15-7-12-20-19(13-15)26(25(31)28-20)30-22(18-5-4-6-23(32-2)24(18)33-26)14-21(29-30)16-8-10-17(27)11-9-16/h4-13,22H,3,14H2,1-2H3,(H,28,31)/t22-,26+/m1/s1. The van der Waals surface area contributed by atoms with Crippen molar-refractivity contribution in [1.82, 2.24) is 5.01 Å². The molecule has 0 saturated carbocycles. The van der Waals surface area contributed by atoms with Gasteiger partial charge >= 0.3 is 5.72 Å². The molecule has 0 radical (unpaired) electrons. The number of hydrazone groups is 1. The number of halogens is 1. The van der Waals surface area contributed by atoms with E-state index < -0.39 is 5.72 Å². The topological polar surface area (TPSA) is 63.2 Å². The first-order chi connectivity index (χ1) is 16.0. The molecule has 3 aliphatic rings. The summed E-state index contributed by atoms with van der Waals surface area (Å²) in [6.07, 6.45) is 1.51. The number of benzene rings is 3. The number of ether oxygens (including phenoxy) is 2. The van der Waals surface area contributed by atoms with Gasteiger partial charge in [-0.25, -0.2) is 5.01 Å². The lowest BCUT2D eigenvalue weighted by atomic mass is 9.91. The van der Waals surface area contributed by atoms with Gasteiger partial charge in [0.2, 0.25) is 0 Å². The Balaban J connectivity index is 1.59.